The molecular weight excluding hydrogens is 232 g/mol. The highest BCUT2D eigenvalue weighted by molar-refractivity contribution is 5.99. The maximum Gasteiger partial charge on any atom is 0.381 e. The third kappa shape index (κ3) is 1.91. The molecule has 1 aliphatic heterocycles. The Morgan fingerprint density at radius 1 is 1.61 bits per heavy atom. The molecule has 100 valence electrons. The molecule has 2 aliphatic rings. The topological polar surface area (TPSA) is 60.2 Å². The van der Waals surface area contributed by atoms with Crippen molar-refractivity contribution in [1.82, 2.24) is 0 Å². The maximum absolute atomic E-state index is 12.1. The summed E-state index contributed by atoms with van der Waals surface area (Å²) in [6.07, 6.45) is 3.96. The summed E-state index contributed by atoms with van der Waals surface area (Å²) in [7, 11) is 0. The van der Waals surface area contributed by atoms with E-state index in [1.165, 1.54) is 6.21 Å². The van der Waals surface area contributed by atoms with Crippen molar-refractivity contribution in [2.24, 2.45) is 21.6 Å². The minimum absolute atomic E-state index is 0.0251. The number of rotatable bonds is 2. The van der Waals surface area contributed by atoms with Gasteiger partial charge in [-0.25, -0.2) is 4.79 Å². The molecule has 1 aliphatic carbocycles. The lowest BCUT2D eigenvalue weighted by molar-refractivity contribution is -0.171. The normalized spacial score (nSPS) is 31.1. The molecule has 0 saturated heterocycles. The lowest BCUT2D eigenvalue weighted by Crippen LogP contribution is -2.45. The van der Waals surface area contributed by atoms with Crippen LogP contribution in [-0.2, 0) is 14.5 Å². The van der Waals surface area contributed by atoms with E-state index in [2.05, 4.69) is 31.1 Å². The number of nitrogens with zero attached hydrogens (tertiary/aromatic N) is 2. The summed E-state index contributed by atoms with van der Waals surface area (Å²) in [5, 5.41) is 7.71. The van der Waals surface area contributed by atoms with Gasteiger partial charge in [-0.1, -0.05) is 31.1 Å². The summed E-state index contributed by atoms with van der Waals surface area (Å²) in [5.74, 6) is -0.400. The van der Waals surface area contributed by atoms with Crippen LogP contribution in [0.2, 0.25) is 0 Å². The van der Waals surface area contributed by atoms with Gasteiger partial charge in [-0.2, -0.15) is 0 Å². The second kappa shape index (κ2) is 4.37. The highest BCUT2D eigenvalue weighted by Crippen LogP contribution is 2.48. The number of hydrogen-bond donors (Lipinski definition) is 0. The molecule has 5 heteroatoms. The van der Waals surface area contributed by atoms with E-state index in [4.69, 9.17) is 9.68 Å². The standard InChI is InChI=1S/C13H20N2O3/c1-5-14-17-11(16)13-8-6-7-9(13)10(15-18-13)12(2,3)4/h5,9H,6-8H2,1-4H3/b14-5+. The van der Waals surface area contributed by atoms with Crippen LogP contribution in [-0.4, -0.2) is 23.5 Å². The average molecular weight is 252 g/mol. The van der Waals surface area contributed by atoms with Crippen molar-refractivity contribution in [3.8, 4) is 0 Å². The fourth-order valence-corrected chi connectivity index (χ4v) is 2.76. The van der Waals surface area contributed by atoms with Crippen LogP contribution in [0.3, 0.4) is 0 Å². The third-order valence-corrected chi connectivity index (χ3v) is 3.60. The molecule has 0 N–H and O–H groups in total. The van der Waals surface area contributed by atoms with Gasteiger partial charge in [0, 0.05) is 18.1 Å². The summed E-state index contributed by atoms with van der Waals surface area (Å²) in [5.41, 5.74) is -0.0716. The Morgan fingerprint density at radius 2 is 2.33 bits per heavy atom. The number of fused-ring (bicyclic) bond motifs is 1. The fourth-order valence-electron chi connectivity index (χ4n) is 2.76. The van der Waals surface area contributed by atoms with Crippen molar-refractivity contribution in [3.05, 3.63) is 0 Å². The van der Waals surface area contributed by atoms with E-state index in [0.29, 0.717) is 6.42 Å². The number of carbonyl (C=O) groups is 1. The van der Waals surface area contributed by atoms with Crippen molar-refractivity contribution in [1.29, 1.82) is 0 Å². The Hall–Kier alpha value is -1.39. The van der Waals surface area contributed by atoms with E-state index < -0.39 is 11.6 Å². The molecule has 2 unspecified atom stereocenters. The average Bonchev–Trinajstić information content (AvgIpc) is 2.82. The molecule has 1 fully saturated rings. The quantitative estimate of drug-likeness (QED) is 0.431. The third-order valence-electron chi connectivity index (χ3n) is 3.60. The van der Waals surface area contributed by atoms with E-state index in [-0.39, 0.29) is 11.3 Å². The van der Waals surface area contributed by atoms with Crippen LogP contribution in [0.4, 0.5) is 0 Å². The van der Waals surface area contributed by atoms with Crippen LogP contribution in [0.15, 0.2) is 10.3 Å². The molecule has 0 aromatic rings. The van der Waals surface area contributed by atoms with Gasteiger partial charge < -0.3 is 9.68 Å². The molecule has 0 aromatic carbocycles. The molecule has 0 aromatic heterocycles. The van der Waals surface area contributed by atoms with Gasteiger partial charge in [-0.15, -0.1) is 0 Å². The van der Waals surface area contributed by atoms with Crippen LogP contribution in [0.25, 0.3) is 0 Å². The minimum Gasteiger partial charge on any atom is -0.376 e. The van der Waals surface area contributed by atoms with Gasteiger partial charge in [0.2, 0.25) is 5.60 Å². The van der Waals surface area contributed by atoms with Crippen molar-refractivity contribution in [3.63, 3.8) is 0 Å². The Labute approximate surface area is 107 Å². The molecule has 0 spiro atoms. The van der Waals surface area contributed by atoms with E-state index in [1.807, 2.05) is 0 Å². The van der Waals surface area contributed by atoms with Crippen molar-refractivity contribution < 1.29 is 14.5 Å². The Bertz CT molecular complexity index is 409. The maximum atomic E-state index is 12.1. The number of oxime groups is 2. The van der Waals surface area contributed by atoms with Crippen molar-refractivity contribution in [2.75, 3.05) is 0 Å². The molecule has 1 saturated carbocycles. The minimum atomic E-state index is -0.935. The first-order valence-electron chi connectivity index (χ1n) is 6.38. The predicted molar refractivity (Wildman–Crippen MR) is 68.3 cm³/mol. The fraction of sp³-hybridized carbons (Fsp3) is 0.769. The second-order valence-corrected chi connectivity index (χ2v) is 5.89. The van der Waals surface area contributed by atoms with Crippen molar-refractivity contribution in [2.45, 2.75) is 52.6 Å². The SMILES string of the molecule is C/C=N/OC(=O)C12CCCC1C(C(C)(C)C)=NO2. The second-order valence-electron chi connectivity index (χ2n) is 5.89. The first-order valence-corrected chi connectivity index (χ1v) is 6.38. The summed E-state index contributed by atoms with van der Waals surface area (Å²) < 4.78 is 0. The van der Waals surface area contributed by atoms with Gasteiger partial charge >= 0.3 is 5.97 Å². The van der Waals surface area contributed by atoms with Crippen LogP contribution < -0.4 is 0 Å². The zero-order valence-corrected chi connectivity index (χ0v) is 11.4. The van der Waals surface area contributed by atoms with E-state index in [9.17, 15) is 4.79 Å². The van der Waals surface area contributed by atoms with Gasteiger partial charge in [0.1, 0.15) is 0 Å². The van der Waals surface area contributed by atoms with Gasteiger partial charge in [-0.05, 0) is 19.8 Å². The summed E-state index contributed by atoms with van der Waals surface area (Å²) in [4.78, 5) is 22.5. The largest absolute Gasteiger partial charge is 0.381 e. The highest BCUT2D eigenvalue weighted by Gasteiger charge is 2.60. The first kappa shape index (κ1) is 13.1. The summed E-state index contributed by atoms with van der Waals surface area (Å²) >= 11 is 0. The van der Waals surface area contributed by atoms with E-state index in [1.54, 1.807) is 6.92 Å². The van der Waals surface area contributed by atoms with Gasteiger partial charge in [-0.3, -0.25) is 0 Å². The van der Waals surface area contributed by atoms with Crippen LogP contribution >= 0.6 is 0 Å². The first-order chi connectivity index (χ1) is 8.42. The zero-order chi connectivity index (χ0) is 13.4. The van der Waals surface area contributed by atoms with Crippen LogP contribution in [0.5, 0.6) is 0 Å². The summed E-state index contributed by atoms with van der Waals surface area (Å²) in [6.45, 7) is 7.95. The van der Waals surface area contributed by atoms with Crippen LogP contribution in [0.1, 0.15) is 47.0 Å². The molecule has 0 radical (unpaired) electrons. The monoisotopic (exact) mass is 252 g/mol. The van der Waals surface area contributed by atoms with Gasteiger partial charge in [0.15, 0.2) is 0 Å². The highest BCUT2D eigenvalue weighted by atomic mass is 16.7. The molecular formula is C13H20N2O3. The molecule has 1 heterocycles. The lowest BCUT2D eigenvalue weighted by Gasteiger charge is -2.26. The molecule has 18 heavy (non-hydrogen) atoms. The predicted octanol–water partition coefficient (Wildman–Crippen LogP) is 2.51. The molecule has 0 bridgehead atoms. The van der Waals surface area contributed by atoms with E-state index >= 15 is 0 Å². The Kier molecular flexibility index (Phi) is 3.17. The lowest BCUT2D eigenvalue weighted by atomic mass is 9.76. The summed E-state index contributed by atoms with van der Waals surface area (Å²) in [6, 6.07) is 0. The van der Waals surface area contributed by atoms with Crippen molar-refractivity contribution >= 4 is 17.9 Å². The van der Waals surface area contributed by atoms with E-state index in [0.717, 1.165) is 18.6 Å². The molecule has 0 amide bonds. The smallest absolute Gasteiger partial charge is 0.376 e. The zero-order valence-electron chi connectivity index (χ0n) is 11.4. The van der Waals surface area contributed by atoms with Gasteiger partial charge in [0.25, 0.3) is 0 Å². The van der Waals surface area contributed by atoms with Crippen LogP contribution in [0, 0.1) is 11.3 Å². The Balaban J connectivity index is 2.23. The molecule has 2 atom stereocenters. The Morgan fingerprint density at radius 3 is 2.94 bits per heavy atom. The number of hydrogen-bond acceptors (Lipinski definition) is 5. The van der Waals surface area contributed by atoms with Gasteiger partial charge in [0.05, 0.1) is 11.6 Å². The number of carbonyl (C=O) groups excluding carboxylic acids is 1. The molecule has 2 rings (SSSR count). The molecule has 5 nitrogen and oxygen atoms in total.